The maximum atomic E-state index is 13.5. The minimum absolute atomic E-state index is 0.102. The lowest BCUT2D eigenvalue weighted by Crippen LogP contribution is -2.18. The third kappa shape index (κ3) is 13.5. The fourth-order valence-corrected chi connectivity index (χ4v) is 3.03. The minimum Gasteiger partial charge on any atom is -0.420 e. The van der Waals surface area contributed by atoms with Gasteiger partial charge in [-0.1, -0.05) is 13.8 Å². The fourth-order valence-electron chi connectivity index (χ4n) is 3.03. The van der Waals surface area contributed by atoms with Gasteiger partial charge in [0.05, 0.1) is 59.3 Å². The van der Waals surface area contributed by atoms with Gasteiger partial charge < -0.3 is 33.7 Å². The number of ether oxygens (including phenoxy) is 6. The van der Waals surface area contributed by atoms with Gasteiger partial charge in [0.2, 0.25) is 34.8 Å². The maximum Gasteiger partial charge on any atom is 0.313 e. The molecule has 1 aromatic carbocycles. The highest BCUT2D eigenvalue weighted by Crippen LogP contribution is 2.29. The molecule has 1 atom stereocenters. The molecule has 0 saturated heterocycles. The highest BCUT2D eigenvalue weighted by molar-refractivity contribution is 5.72. The summed E-state index contributed by atoms with van der Waals surface area (Å²) in [6, 6.07) is 0. The van der Waals surface area contributed by atoms with Crippen molar-refractivity contribution in [2.24, 2.45) is 5.92 Å². The van der Waals surface area contributed by atoms with Crippen molar-refractivity contribution >= 4 is 5.97 Å². The Morgan fingerprint density at radius 2 is 1.23 bits per heavy atom. The van der Waals surface area contributed by atoms with Gasteiger partial charge in [-0.2, -0.15) is 8.78 Å². The number of hydrogen-bond acceptors (Lipinski definition) is 8. The lowest BCUT2D eigenvalue weighted by atomic mass is 9.97. The summed E-state index contributed by atoms with van der Waals surface area (Å²) in [5.74, 6) is -13.6. The number of methoxy groups -OCH3 is 1. The van der Waals surface area contributed by atoms with E-state index in [-0.39, 0.29) is 19.8 Å². The Morgan fingerprint density at radius 1 is 0.744 bits per heavy atom. The zero-order chi connectivity index (χ0) is 29.0. The monoisotopic (exact) mass is 571 g/mol. The van der Waals surface area contributed by atoms with Crippen LogP contribution < -0.4 is 10.1 Å². The van der Waals surface area contributed by atoms with Crippen molar-refractivity contribution in [2.45, 2.75) is 33.1 Å². The molecular formula is C26H38F5NO7. The van der Waals surface area contributed by atoms with Crippen LogP contribution in [0, 0.1) is 35.0 Å². The molecule has 1 unspecified atom stereocenters. The zero-order valence-electron chi connectivity index (χ0n) is 22.6. The summed E-state index contributed by atoms with van der Waals surface area (Å²) in [4.78, 5) is 11.6. The van der Waals surface area contributed by atoms with Crippen LogP contribution >= 0.6 is 0 Å². The highest BCUT2D eigenvalue weighted by Gasteiger charge is 2.28. The van der Waals surface area contributed by atoms with E-state index in [4.69, 9.17) is 23.7 Å². The molecule has 13 heteroatoms. The molecule has 224 valence electrons. The van der Waals surface area contributed by atoms with E-state index in [1.54, 1.807) is 7.11 Å². The number of hydrogen-bond donors (Lipinski definition) is 1. The summed E-state index contributed by atoms with van der Waals surface area (Å²) in [6.07, 6.45) is 3.53. The van der Waals surface area contributed by atoms with Crippen LogP contribution in [0.15, 0.2) is 11.8 Å². The summed E-state index contributed by atoms with van der Waals surface area (Å²) in [5.41, 5.74) is 1.32. The first-order valence-corrected chi connectivity index (χ1v) is 12.7. The van der Waals surface area contributed by atoms with Crippen molar-refractivity contribution in [3.05, 3.63) is 40.9 Å². The Balaban J connectivity index is 2.01. The molecule has 0 aliphatic heterocycles. The van der Waals surface area contributed by atoms with E-state index in [9.17, 15) is 26.7 Å². The molecule has 0 aromatic heterocycles. The number of carbonyl (C=O) groups is 1. The number of benzene rings is 1. The van der Waals surface area contributed by atoms with E-state index in [1.165, 1.54) is 5.57 Å². The van der Waals surface area contributed by atoms with E-state index in [0.29, 0.717) is 52.1 Å². The Bertz CT molecular complexity index is 860. The van der Waals surface area contributed by atoms with Crippen LogP contribution in [0.1, 0.15) is 33.1 Å². The number of halogens is 5. The lowest BCUT2D eigenvalue weighted by molar-refractivity contribution is -0.136. The molecule has 39 heavy (non-hydrogen) atoms. The highest BCUT2D eigenvalue weighted by atomic mass is 19.2. The average molecular weight is 572 g/mol. The standard InChI is InChI=1S/C26H38F5NO7/c1-4-18(2)19(5-8-34-3)17-32-7-10-36-12-14-38-16-15-37-13-11-35-9-6-20(33)39-26-24(30)22(28)21(27)23(29)25(26)31/h17-18,32H,4-16H2,1-3H3/b19-17-. The molecule has 0 amide bonds. The van der Waals surface area contributed by atoms with Crippen LogP contribution in [0.2, 0.25) is 0 Å². The molecule has 8 nitrogen and oxygen atoms in total. The molecule has 1 aromatic rings. The van der Waals surface area contributed by atoms with Gasteiger partial charge in [0.15, 0.2) is 0 Å². The van der Waals surface area contributed by atoms with Crippen LogP contribution in [0.25, 0.3) is 0 Å². The second-order valence-corrected chi connectivity index (χ2v) is 8.30. The molecule has 0 spiro atoms. The SMILES string of the molecule is CCC(C)/C(=C\NCCOCCOCCOCCOCCC(=O)Oc1c(F)c(F)c(F)c(F)c1F)CCOC. The van der Waals surface area contributed by atoms with Crippen molar-refractivity contribution in [2.75, 3.05) is 73.1 Å². The van der Waals surface area contributed by atoms with Gasteiger partial charge in [0, 0.05) is 20.3 Å². The van der Waals surface area contributed by atoms with Gasteiger partial charge in [-0.25, -0.2) is 13.2 Å². The van der Waals surface area contributed by atoms with Gasteiger partial charge in [-0.15, -0.1) is 0 Å². The van der Waals surface area contributed by atoms with Gasteiger partial charge in [-0.05, 0) is 30.5 Å². The second kappa shape index (κ2) is 20.6. The molecular weight excluding hydrogens is 533 g/mol. The van der Waals surface area contributed by atoms with Gasteiger partial charge in [0.1, 0.15) is 0 Å². The number of rotatable bonds is 22. The molecule has 0 saturated carbocycles. The third-order valence-electron chi connectivity index (χ3n) is 5.47. The van der Waals surface area contributed by atoms with E-state index in [1.807, 2.05) is 6.20 Å². The molecule has 1 N–H and O–H groups in total. The minimum atomic E-state index is -2.34. The molecule has 0 aliphatic carbocycles. The van der Waals surface area contributed by atoms with E-state index in [2.05, 4.69) is 23.9 Å². The molecule has 0 bridgehead atoms. The fraction of sp³-hybridized carbons (Fsp3) is 0.654. The van der Waals surface area contributed by atoms with Crippen molar-refractivity contribution in [1.29, 1.82) is 0 Å². The number of esters is 1. The van der Waals surface area contributed by atoms with Gasteiger partial charge >= 0.3 is 5.97 Å². The van der Waals surface area contributed by atoms with Crippen LogP contribution in [0.5, 0.6) is 5.75 Å². The van der Waals surface area contributed by atoms with E-state index in [0.717, 1.165) is 12.8 Å². The van der Waals surface area contributed by atoms with Crippen LogP contribution in [0.3, 0.4) is 0 Å². The molecule has 0 aliphatic rings. The van der Waals surface area contributed by atoms with Crippen molar-refractivity contribution in [1.82, 2.24) is 5.32 Å². The topological polar surface area (TPSA) is 84.5 Å². The summed E-state index contributed by atoms with van der Waals surface area (Å²) in [6.45, 7) is 7.85. The predicted octanol–water partition coefficient (Wildman–Crippen LogP) is 4.30. The Labute approximate surface area is 225 Å². The summed E-state index contributed by atoms with van der Waals surface area (Å²) in [5, 5.41) is 3.27. The molecule has 0 heterocycles. The largest absolute Gasteiger partial charge is 0.420 e. The molecule has 0 radical (unpaired) electrons. The van der Waals surface area contributed by atoms with Crippen molar-refractivity contribution in [3.63, 3.8) is 0 Å². The first kappa shape index (κ1) is 34.7. The van der Waals surface area contributed by atoms with Gasteiger partial charge in [0.25, 0.3) is 0 Å². The third-order valence-corrected chi connectivity index (χ3v) is 5.47. The van der Waals surface area contributed by atoms with E-state index >= 15 is 0 Å². The first-order chi connectivity index (χ1) is 18.7. The Morgan fingerprint density at radius 3 is 1.74 bits per heavy atom. The number of nitrogens with one attached hydrogen (secondary N) is 1. The Hall–Kier alpha value is -2.32. The van der Waals surface area contributed by atoms with Gasteiger partial charge in [-0.3, -0.25) is 4.79 Å². The first-order valence-electron chi connectivity index (χ1n) is 12.7. The van der Waals surface area contributed by atoms with Crippen LogP contribution in [0.4, 0.5) is 22.0 Å². The summed E-state index contributed by atoms with van der Waals surface area (Å²) in [7, 11) is 1.69. The van der Waals surface area contributed by atoms with E-state index < -0.39 is 47.2 Å². The Kier molecular flexibility index (Phi) is 18.3. The normalized spacial score (nSPS) is 12.6. The predicted molar refractivity (Wildman–Crippen MR) is 132 cm³/mol. The van der Waals surface area contributed by atoms with Crippen molar-refractivity contribution < 1.29 is 55.2 Å². The quantitative estimate of drug-likeness (QED) is 0.0551. The summed E-state index contributed by atoms with van der Waals surface area (Å²) < 4.78 is 97.0. The average Bonchev–Trinajstić information content (AvgIpc) is 2.94. The number of carbonyl (C=O) groups excluding carboxylic acids is 1. The van der Waals surface area contributed by atoms with Crippen molar-refractivity contribution in [3.8, 4) is 5.75 Å². The maximum absolute atomic E-state index is 13.5. The lowest BCUT2D eigenvalue weighted by Gasteiger charge is -2.14. The molecule has 0 fully saturated rings. The zero-order valence-corrected chi connectivity index (χ0v) is 22.6. The smallest absolute Gasteiger partial charge is 0.313 e. The second-order valence-electron chi connectivity index (χ2n) is 8.30. The molecule has 1 rings (SSSR count). The summed E-state index contributed by atoms with van der Waals surface area (Å²) >= 11 is 0. The van der Waals surface area contributed by atoms with Crippen LogP contribution in [-0.4, -0.2) is 79.1 Å². The van der Waals surface area contributed by atoms with Crippen LogP contribution in [-0.2, 0) is 28.5 Å².